The topological polar surface area (TPSA) is 37.2 Å². The van der Waals surface area contributed by atoms with Crippen LogP contribution >= 0.6 is 12.4 Å². The summed E-state index contributed by atoms with van der Waals surface area (Å²) in [4.78, 5) is 0. The Bertz CT molecular complexity index is 1080. The molecule has 3 nitrogen and oxygen atoms in total. The lowest BCUT2D eigenvalue weighted by atomic mass is 10.0. The van der Waals surface area contributed by atoms with Gasteiger partial charge in [-0.05, 0) is 36.4 Å². The molecule has 0 amide bonds. The van der Waals surface area contributed by atoms with E-state index in [0.717, 1.165) is 27.6 Å². The van der Waals surface area contributed by atoms with Crippen LogP contribution in [0.3, 0.4) is 0 Å². The van der Waals surface area contributed by atoms with Crippen LogP contribution in [0.5, 0.6) is 0 Å². The van der Waals surface area contributed by atoms with E-state index in [1.807, 2.05) is 42.5 Å². The SMILES string of the molecule is CNC[C@@H](O)[C@H](c1cccc(F)c1)n1cc(-c2ccccc2)c2ccccc21.Cl. The molecule has 0 aliphatic carbocycles. The number of benzene rings is 3. The normalized spacial score (nSPS) is 13.1. The zero-order chi connectivity index (χ0) is 19.5. The Labute approximate surface area is 176 Å². The molecule has 4 rings (SSSR count). The van der Waals surface area contributed by atoms with Crippen LogP contribution in [-0.2, 0) is 0 Å². The minimum absolute atomic E-state index is 0. The number of halogens is 2. The van der Waals surface area contributed by atoms with E-state index in [0.29, 0.717) is 6.54 Å². The van der Waals surface area contributed by atoms with E-state index in [9.17, 15) is 9.50 Å². The van der Waals surface area contributed by atoms with Crippen LogP contribution in [0.4, 0.5) is 4.39 Å². The van der Waals surface area contributed by atoms with E-state index < -0.39 is 12.1 Å². The molecule has 5 heteroatoms. The predicted molar refractivity (Wildman–Crippen MR) is 119 cm³/mol. The van der Waals surface area contributed by atoms with Crippen molar-refractivity contribution in [2.75, 3.05) is 13.6 Å². The highest BCUT2D eigenvalue weighted by Gasteiger charge is 2.25. The molecule has 1 aromatic heterocycles. The zero-order valence-corrected chi connectivity index (χ0v) is 16.9. The number of aliphatic hydroxyl groups is 1. The van der Waals surface area contributed by atoms with Crippen LogP contribution in [0.15, 0.2) is 85.1 Å². The summed E-state index contributed by atoms with van der Waals surface area (Å²) in [6.07, 6.45) is 1.35. The van der Waals surface area contributed by atoms with Gasteiger partial charge in [0.2, 0.25) is 0 Å². The largest absolute Gasteiger partial charge is 0.389 e. The lowest BCUT2D eigenvalue weighted by molar-refractivity contribution is 0.132. The first-order valence-electron chi connectivity index (χ1n) is 9.42. The highest BCUT2D eigenvalue weighted by atomic mass is 35.5. The number of likely N-dealkylation sites (N-methyl/N-ethyl adjacent to an activating group) is 1. The first kappa shape index (κ1) is 21.1. The first-order chi connectivity index (χ1) is 13.7. The van der Waals surface area contributed by atoms with Crippen LogP contribution in [0.25, 0.3) is 22.0 Å². The maximum Gasteiger partial charge on any atom is 0.123 e. The number of para-hydroxylation sites is 1. The third kappa shape index (κ3) is 4.20. The van der Waals surface area contributed by atoms with E-state index in [-0.39, 0.29) is 18.2 Å². The van der Waals surface area contributed by atoms with Crippen molar-refractivity contribution in [1.29, 1.82) is 0 Å². The summed E-state index contributed by atoms with van der Waals surface area (Å²) in [7, 11) is 1.80. The molecule has 2 N–H and O–H groups in total. The number of aromatic nitrogens is 1. The summed E-state index contributed by atoms with van der Waals surface area (Å²) in [5, 5.41) is 15.1. The molecule has 0 unspecified atom stereocenters. The van der Waals surface area contributed by atoms with E-state index in [4.69, 9.17) is 0 Å². The number of nitrogens with one attached hydrogen (secondary N) is 1. The fraction of sp³-hybridized carbons (Fsp3) is 0.167. The molecule has 150 valence electrons. The maximum absolute atomic E-state index is 14.0. The standard InChI is InChI=1S/C24H23FN2O.ClH/c1-26-15-23(28)24(18-10-7-11-19(25)14-18)27-16-21(17-8-3-2-4-9-17)20-12-5-6-13-22(20)27;/h2-14,16,23-24,26,28H,15H2,1H3;1H/t23-,24+;/m1./s1. The Morgan fingerprint density at radius 2 is 1.69 bits per heavy atom. The van der Waals surface area contributed by atoms with Gasteiger partial charge in [0.05, 0.1) is 12.1 Å². The van der Waals surface area contributed by atoms with Crippen molar-refractivity contribution < 1.29 is 9.50 Å². The van der Waals surface area contributed by atoms with E-state index >= 15 is 0 Å². The van der Waals surface area contributed by atoms with Gasteiger partial charge in [-0.25, -0.2) is 4.39 Å². The Morgan fingerprint density at radius 3 is 2.41 bits per heavy atom. The van der Waals surface area contributed by atoms with Crippen molar-refractivity contribution >= 4 is 23.3 Å². The summed E-state index contributed by atoms with van der Waals surface area (Å²) < 4.78 is 16.0. The molecule has 0 saturated carbocycles. The second-order valence-corrected chi connectivity index (χ2v) is 6.96. The van der Waals surface area contributed by atoms with Crippen LogP contribution in [0, 0.1) is 5.82 Å². The Morgan fingerprint density at radius 1 is 0.966 bits per heavy atom. The fourth-order valence-corrected chi connectivity index (χ4v) is 3.86. The van der Waals surface area contributed by atoms with Gasteiger partial charge in [-0.2, -0.15) is 0 Å². The first-order valence-corrected chi connectivity index (χ1v) is 9.42. The molecule has 0 aliphatic heterocycles. The predicted octanol–water partition coefficient (Wildman–Crippen LogP) is 5.04. The molecule has 0 bridgehead atoms. The number of nitrogens with zero attached hydrogens (tertiary/aromatic N) is 1. The average molecular weight is 411 g/mol. The number of fused-ring (bicyclic) bond motifs is 1. The smallest absolute Gasteiger partial charge is 0.123 e. The van der Waals surface area contributed by atoms with E-state index in [1.54, 1.807) is 13.1 Å². The van der Waals surface area contributed by atoms with Gasteiger partial charge in [-0.1, -0.05) is 60.7 Å². The van der Waals surface area contributed by atoms with Gasteiger partial charge in [0.15, 0.2) is 0 Å². The van der Waals surface area contributed by atoms with Crippen molar-refractivity contribution in [2.24, 2.45) is 0 Å². The molecular weight excluding hydrogens is 387 g/mol. The fourth-order valence-electron chi connectivity index (χ4n) is 3.86. The summed E-state index contributed by atoms with van der Waals surface area (Å²) in [6.45, 7) is 0.397. The number of hydrogen-bond donors (Lipinski definition) is 2. The average Bonchev–Trinajstić information content (AvgIpc) is 3.09. The number of aliphatic hydroxyl groups excluding tert-OH is 1. The van der Waals surface area contributed by atoms with Crippen molar-refractivity contribution in [3.05, 3.63) is 96.4 Å². The summed E-state index contributed by atoms with van der Waals surface area (Å²) in [6, 6.07) is 24.4. The summed E-state index contributed by atoms with van der Waals surface area (Å²) in [5.74, 6) is -0.307. The Hall–Kier alpha value is -2.66. The molecule has 29 heavy (non-hydrogen) atoms. The minimum atomic E-state index is -0.716. The molecule has 1 heterocycles. The molecule has 3 aromatic carbocycles. The van der Waals surface area contributed by atoms with E-state index in [2.05, 4.69) is 34.3 Å². The lowest BCUT2D eigenvalue weighted by Gasteiger charge is -2.26. The molecule has 2 atom stereocenters. The minimum Gasteiger partial charge on any atom is -0.389 e. The van der Waals surface area contributed by atoms with Gasteiger partial charge in [-0.15, -0.1) is 12.4 Å². The van der Waals surface area contributed by atoms with Gasteiger partial charge >= 0.3 is 0 Å². The monoisotopic (exact) mass is 410 g/mol. The van der Waals surface area contributed by atoms with Crippen LogP contribution < -0.4 is 5.32 Å². The van der Waals surface area contributed by atoms with Crippen LogP contribution in [-0.4, -0.2) is 29.4 Å². The lowest BCUT2D eigenvalue weighted by Crippen LogP contribution is -2.33. The second kappa shape index (κ2) is 9.23. The molecule has 0 fully saturated rings. The van der Waals surface area contributed by atoms with Crippen LogP contribution in [0.2, 0.25) is 0 Å². The molecule has 0 aliphatic rings. The van der Waals surface area contributed by atoms with Gasteiger partial charge in [0.1, 0.15) is 5.82 Å². The van der Waals surface area contributed by atoms with Gasteiger partial charge < -0.3 is 15.0 Å². The highest BCUT2D eigenvalue weighted by molar-refractivity contribution is 5.96. The Kier molecular flexibility index (Phi) is 6.70. The van der Waals surface area contributed by atoms with Crippen molar-refractivity contribution in [3.63, 3.8) is 0 Å². The Balaban J connectivity index is 0.00000240. The molecule has 0 saturated heterocycles. The van der Waals surface area contributed by atoms with Gasteiger partial charge in [0, 0.05) is 29.2 Å². The van der Waals surface area contributed by atoms with Gasteiger partial charge in [0.25, 0.3) is 0 Å². The molecular formula is C24H24ClFN2O. The summed E-state index contributed by atoms with van der Waals surface area (Å²) >= 11 is 0. The van der Waals surface area contributed by atoms with Crippen LogP contribution in [0.1, 0.15) is 11.6 Å². The maximum atomic E-state index is 14.0. The zero-order valence-electron chi connectivity index (χ0n) is 16.1. The molecule has 0 radical (unpaired) electrons. The van der Waals surface area contributed by atoms with E-state index in [1.165, 1.54) is 12.1 Å². The molecule has 4 aromatic rings. The molecule has 0 spiro atoms. The third-order valence-electron chi connectivity index (χ3n) is 5.09. The summed E-state index contributed by atoms with van der Waals surface area (Å²) in [5.41, 5.74) is 3.95. The third-order valence-corrected chi connectivity index (χ3v) is 5.09. The van der Waals surface area contributed by atoms with Crippen molar-refractivity contribution in [1.82, 2.24) is 9.88 Å². The van der Waals surface area contributed by atoms with Crippen molar-refractivity contribution in [3.8, 4) is 11.1 Å². The quantitative estimate of drug-likeness (QED) is 0.467. The second-order valence-electron chi connectivity index (χ2n) is 6.96. The number of hydrogen-bond acceptors (Lipinski definition) is 2. The number of rotatable bonds is 6. The highest BCUT2D eigenvalue weighted by Crippen LogP contribution is 2.35. The van der Waals surface area contributed by atoms with Gasteiger partial charge in [-0.3, -0.25) is 0 Å². The van der Waals surface area contributed by atoms with Crippen molar-refractivity contribution in [2.45, 2.75) is 12.1 Å².